The van der Waals surface area contributed by atoms with Crippen molar-refractivity contribution in [3.8, 4) is 0 Å². The van der Waals surface area contributed by atoms with E-state index in [2.05, 4.69) is 34.5 Å². The highest BCUT2D eigenvalue weighted by molar-refractivity contribution is 8.00. The molecule has 4 heterocycles. The summed E-state index contributed by atoms with van der Waals surface area (Å²) in [7, 11) is 0. The monoisotopic (exact) mass is 630 g/mol. The summed E-state index contributed by atoms with van der Waals surface area (Å²) in [4.78, 5) is 46.5. The van der Waals surface area contributed by atoms with Crippen LogP contribution in [0.25, 0.3) is 21.7 Å². The smallest absolute Gasteiger partial charge is 0.297 e. The average molecular weight is 631 g/mol. The minimum atomic E-state index is -1.77. The second-order valence-corrected chi connectivity index (χ2v) is 13.4. The zero-order chi connectivity index (χ0) is 31.0. The normalized spacial score (nSPS) is 17.2. The van der Waals surface area contributed by atoms with Crippen molar-refractivity contribution in [1.29, 1.82) is 0 Å². The molecule has 8 nitrogen and oxygen atoms in total. The number of hydrogen-bond acceptors (Lipinski definition) is 8. The van der Waals surface area contributed by atoms with E-state index in [0.29, 0.717) is 38.9 Å². The van der Waals surface area contributed by atoms with Crippen molar-refractivity contribution in [2.75, 3.05) is 16.3 Å². The molecule has 4 aromatic carbocycles. The molecule has 0 saturated heterocycles. The van der Waals surface area contributed by atoms with Gasteiger partial charge in [0.2, 0.25) is 10.9 Å². The summed E-state index contributed by atoms with van der Waals surface area (Å²) in [5, 5.41) is 11.8. The van der Waals surface area contributed by atoms with Crippen LogP contribution < -0.4 is 15.2 Å². The Bertz CT molecular complexity index is 2290. The van der Waals surface area contributed by atoms with Gasteiger partial charge in [0.15, 0.2) is 15.3 Å². The number of likely N-dealkylation sites (N-methyl/N-ethyl adjacent to an activating group) is 1. The number of aromatic nitrogens is 2. The van der Waals surface area contributed by atoms with Crippen LogP contribution in [-0.2, 0) is 16.1 Å². The summed E-state index contributed by atoms with van der Waals surface area (Å²) >= 11 is 2.73. The quantitative estimate of drug-likeness (QED) is 0.150. The summed E-state index contributed by atoms with van der Waals surface area (Å²) in [6.45, 7) is 6.07. The number of amides is 2. The van der Waals surface area contributed by atoms with Gasteiger partial charge in [0, 0.05) is 17.9 Å². The highest BCUT2D eigenvalue weighted by atomic mass is 32.2. The molecule has 2 aromatic heterocycles. The lowest BCUT2D eigenvalue weighted by molar-refractivity contribution is -0.121. The lowest BCUT2D eigenvalue weighted by Gasteiger charge is -2.31. The summed E-state index contributed by atoms with van der Waals surface area (Å²) in [6.07, 6.45) is 0. The van der Waals surface area contributed by atoms with Gasteiger partial charge in [-0.2, -0.15) is 0 Å². The van der Waals surface area contributed by atoms with E-state index in [4.69, 9.17) is 4.42 Å². The number of rotatable bonds is 5. The number of hydrogen-bond donors (Lipinski definition) is 0. The second kappa shape index (κ2) is 10.1. The van der Waals surface area contributed by atoms with Gasteiger partial charge in [-0.05, 0) is 66.4 Å². The lowest BCUT2D eigenvalue weighted by Crippen LogP contribution is -2.53. The van der Waals surface area contributed by atoms with E-state index < -0.39 is 22.8 Å². The molecule has 6 aromatic rings. The molecule has 1 unspecified atom stereocenters. The molecule has 2 aliphatic heterocycles. The summed E-state index contributed by atoms with van der Waals surface area (Å²) in [5.74, 6) is -0.485. The first-order chi connectivity index (χ1) is 21.8. The number of thioether (sulfide) groups is 1. The molecule has 45 heavy (non-hydrogen) atoms. The van der Waals surface area contributed by atoms with E-state index in [9.17, 15) is 14.4 Å². The summed E-state index contributed by atoms with van der Waals surface area (Å²) < 4.78 is 6.88. The maximum Gasteiger partial charge on any atom is 0.297 e. The molecule has 8 rings (SSSR count). The zero-order valence-electron chi connectivity index (χ0n) is 24.7. The van der Waals surface area contributed by atoms with Crippen LogP contribution in [0.1, 0.15) is 45.3 Å². The highest BCUT2D eigenvalue weighted by Crippen LogP contribution is 2.54. The Morgan fingerprint density at radius 2 is 1.64 bits per heavy atom. The summed E-state index contributed by atoms with van der Waals surface area (Å²) in [5.41, 5.74) is 2.34. The average Bonchev–Trinajstić information content (AvgIpc) is 3.69. The molecule has 1 spiro atoms. The van der Waals surface area contributed by atoms with Gasteiger partial charge < -0.3 is 9.32 Å². The van der Waals surface area contributed by atoms with Crippen LogP contribution in [0.2, 0.25) is 0 Å². The molecule has 1 atom stereocenters. The third-order valence-corrected chi connectivity index (χ3v) is 11.0. The second-order valence-electron chi connectivity index (χ2n) is 11.3. The molecule has 0 aliphatic carbocycles. The molecule has 0 fully saturated rings. The molecule has 10 heteroatoms. The van der Waals surface area contributed by atoms with Crippen molar-refractivity contribution >= 4 is 67.5 Å². The maximum atomic E-state index is 14.7. The molecule has 222 valence electrons. The van der Waals surface area contributed by atoms with Crippen molar-refractivity contribution in [2.24, 2.45) is 0 Å². The fraction of sp³-hybridized carbons (Fsp3) is 0.171. The first kappa shape index (κ1) is 27.7. The zero-order valence-corrected chi connectivity index (χ0v) is 26.3. The largest absolute Gasteiger partial charge is 0.450 e. The number of aryl methyl sites for hydroxylation is 2. The first-order valence-corrected chi connectivity index (χ1v) is 16.4. The third-order valence-electron chi connectivity index (χ3n) is 8.87. The minimum Gasteiger partial charge on any atom is -0.450 e. The van der Waals surface area contributed by atoms with Crippen molar-refractivity contribution in [1.82, 2.24) is 10.2 Å². The van der Waals surface area contributed by atoms with E-state index in [1.165, 1.54) is 28.0 Å². The van der Waals surface area contributed by atoms with Crippen LogP contribution in [0, 0.1) is 13.8 Å². The number of nitrogens with zero attached hydrogens (tertiary/aromatic N) is 4. The molecular weight excluding hydrogens is 605 g/mol. The van der Waals surface area contributed by atoms with E-state index in [-0.39, 0.29) is 16.5 Å². The van der Waals surface area contributed by atoms with Crippen LogP contribution in [0.15, 0.2) is 92.4 Å². The SMILES string of the molecule is CCN1C(=O)C2(c3ccccc31)c1c(oc3cc(C)c(C)cc3c1=O)C(=O)N2c1nnc(SCc2cccc3ccccc23)s1. The van der Waals surface area contributed by atoms with Crippen molar-refractivity contribution in [3.63, 3.8) is 0 Å². The van der Waals surface area contributed by atoms with Gasteiger partial charge in [0.25, 0.3) is 11.8 Å². The van der Waals surface area contributed by atoms with E-state index in [1.54, 1.807) is 23.1 Å². The van der Waals surface area contributed by atoms with Crippen LogP contribution >= 0.6 is 23.1 Å². The standard InChI is InChI=1S/C35H26N4O4S2/c1-4-38-26-15-8-7-14-25(26)35(32(38)42)28-29(40)24-16-19(2)20(3)17-27(24)43-30(28)31(41)39(35)33-36-37-34(45-33)44-18-22-12-9-11-21-10-5-6-13-23(21)22/h5-17H,4,18H2,1-3H3. The Hall–Kier alpha value is -4.80. The molecule has 0 saturated carbocycles. The molecular formula is C35H26N4O4S2. The Morgan fingerprint density at radius 3 is 2.49 bits per heavy atom. The van der Waals surface area contributed by atoms with Crippen molar-refractivity contribution in [3.05, 3.63) is 123 Å². The lowest BCUT2D eigenvalue weighted by atomic mass is 9.84. The van der Waals surface area contributed by atoms with Gasteiger partial charge in [0.05, 0.1) is 16.6 Å². The number of carbonyl (C=O) groups is 2. The third kappa shape index (κ3) is 3.82. The van der Waals surface area contributed by atoms with Crippen molar-refractivity contribution < 1.29 is 14.0 Å². The minimum absolute atomic E-state index is 0.0248. The van der Waals surface area contributed by atoms with Gasteiger partial charge in [-0.25, -0.2) is 0 Å². The highest BCUT2D eigenvalue weighted by Gasteiger charge is 2.66. The van der Waals surface area contributed by atoms with Crippen LogP contribution in [0.3, 0.4) is 0 Å². The predicted molar refractivity (Wildman–Crippen MR) is 177 cm³/mol. The van der Waals surface area contributed by atoms with E-state index in [0.717, 1.165) is 27.5 Å². The van der Waals surface area contributed by atoms with Crippen LogP contribution in [-0.4, -0.2) is 28.6 Å². The number of para-hydroxylation sites is 1. The van der Waals surface area contributed by atoms with Gasteiger partial charge in [-0.3, -0.25) is 19.3 Å². The molecule has 0 radical (unpaired) electrons. The fourth-order valence-electron chi connectivity index (χ4n) is 6.64. The number of carbonyl (C=O) groups excluding carboxylic acids is 2. The molecule has 0 bridgehead atoms. The van der Waals surface area contributed by atoms with Crippen molar-refractivity contribution in [2.45, 2.75) is 36.4 Å². The van der Waals surface area contributed by atoms with Gasteiger partial charge in [-0.15, -0.1) is 10.2 Å². The molecule has 0 N–H and O–H groups in total. The van der Waals surface area contributed by atoms with E-state index in [1.807, 2.05) is 57.2 Å². The number of fused-ring (bicyclic) bond motifs is 6. The fourth-order valence-corrected chi connectivity index (χ4v) is 8.54. The van der Waals surface area contributed by atoms with Gasteiger partial charge in [-0.1, -0.05) is 83.8 Å². The Morgan fingerprint density at radius 1 is 0.889 bits per heavy atom. The van der Waals surface area contributed by atoms with Crippen LogP contribution in [0.4, 0.5) is 10.8 Å². The Balaban J connectivity index is 1.30. The summed E-state index contributed by atoms with van der Waals surface area (Å²) in [6, 6.07) is 25.3. The topological polar surface area (TPSA) is 96.6 Å². The molecule has 2 amide bonds. The maximum absolute atomic E-state index is 14.7. The van der Waals surface area contributed by atoms with E-state index >= 15 is 0 Å². The number of anilines is 2. The number of benzene rings is 4. The first-order valence-electron chi connectivity index (χ1n) is 14.6. The van der Waals surface area contributed by atoms with Gasteiger partial charge >= 0.3 is 0 Å². The Kier molecular flexibility index (Phi) is 6.23. The van der Waals surface area contributed by atoms with Gasteiger partial charge in [0.1, 0.15) is 5.58 Å². The molecule has 2 aliphatic rings. The predicted octanol–water partition coefficient (Wildman–Crippen LogP) is 6.98. The Labute approximate surface area is 266 Å². The van der Waals surface area contributed by atoms with Crippen LogP contribution in [0.5, 0.6) is 0 Å².